The lowest BCUT2D eigenvalue weighted by Crippen LogP contribution is -2.44. The molecular weight excluding hydrogens is 398 g/mol. The largest absolute Gasteiger partial charge is 0.462 e. The summed E-state index contributed by atoms with van der Waals surface area (Å²) in [5.74, 6) is -1.68. The Kier molecular flexibility index (Phi) is 8.00. The smallest absolute Gasteiger partial charge is 0.409 e. The SMILES string of the molecule is CCOC(=O)c1c(NC(=O)[C@@H]2CCCN(C(=O)OCC)C2)sc(C(=O)NC)c1C. The van der Waals surface area contributed by atoms with Crippen molar-refractivity contribution in [2.24, 2.45) is 5.92 Å². The van der Waals surface area contributed by atoms with Crippen molar-refractivity contribution in [3.8, 4) is 0 Å². The van der Waals surface area contributed by atoms with E-state index in [1.165, 1.54) is 11.9 Å². The fourth-order valence-electron chi connectivity index (χ4n) is 3.17. The molecule has 2 N–H and O–H groups in total. The average molecular weight is 426 g/mol. The third kappa shape index (κ3) is 5.26. The summed E-state index contributed by atoms with van der Waals surface area (Å²) in [5.41, 5.74) is 0.641. The van der Waals surface area contributed by atoms with Gasteiger partial charge in [-0.25, -0.2) is 9.59 Å². The van der Waals surface area contributed by atoms with Crippen LogP contribution in [0.2, 0.25) is 0 Å². The number of hydrogen-bond donors (Lipinski definition) is 2. The second-order valence-corrected chi connectivity index (χ2v) is 7.55. The second kappa shape index (κ2) is 10.2. The minimum Gasteiger partial charge on any atom is -0.462 e. The van der Waals surface area contributed by atoms with Gasteiger partial charge in [-0.15, -0.1) is 11.3 Å². The van der Waals surface area contributed by atoms with Gasteiger partial charge < -0.3 is 25.0 Å². The lowest BCUT2D eigenvalue weighted by Gasteiger charge is -2.31. The highest BCUT2D eigenvalue weighted by molar-refractivity contribution is 7.18. The second-order valence-electron chi connectivity index (χ2n) is 6.53. The molecule has 2 heterocycles. The Hall–Kier alpha value is -2.62. The van der Waals surface area contributed by atoms with Crippen LogP contribution in [0.3, 0.4) is 0 Å². The zero-order valence-electron chi connectivity index (χ0n) is 17.1. The standard InChI is InChI=1S/C19H27N3O6S/c1-5-27-18(25)13-11(3)14(16(24)20-4)29-17(13)21-15(23)12-8-7-9-22(10-12)19(26)28-6-2/h12H,5-10H2,1-4H3,(H,20,24)(H,21,23)/t12-/m1/s1. The van der Waals surface area contributed by atoms with Crippen molar-refractivity contribution in [2.75, 3.05) is 38.7 Å². The minimum atomic E-state index is -0.594. The normalized spacial score (nSPS) is 16.1. The van der Waals surface area contributed by atoms with E-state index in [0.717, 1.165) is 11.3 Å². The number of ether oxygens (including phenoxy) is 2. The predicted octanol–water partition coefficient (Wildman–Crippen LogP) is 2.40. The van der Waals surface area contributed by atoms with Crippen LogP contribution < -0.4 is 10.6 Å². The van der Waals surface area contributed by atoms with Gasteiger partial charge in [0.1, 0.15) is 5.00 Å². The number of hydrogen-bond acceptors (Lipinski definition) is 7. The summed E-state index contributed by atoms with van der Waals surface area (Å²) >= 11 is 1.03. The first-order chi connectivity index (χ1) is 13.8. The lowest BCUT2D eigenvalue weighted by molar-refractivity contribution is -0.121. The highest BCUT2D eigenvalue weighted by Crippen LogP contribution is 2.34. The number of rotatable bonds is 6. The van der Waals surface area contributed by atoms with Gasteiger partial charge in [0.15, 0.2) is 0 Å². The number of carbonyl (C=O) groups excluding carboxylic acids is 4. The number of likely N-dealkylation sites (tertiary alicyclic amines) is 1. The maximum absolute atomic E-state index is 12.9. The van der Waals surface area contributed by atoms with Crippen molar-refractivity contribution >= 4 is 40.2 Å². The van der Waals surface area contributed by atoms with Gasteiger partial charge >= 0.3 is 12.1 Å². The number of esters is 1. The Labute approximate surface area is 173 Å². The Morgan fingerprint density at radius 3 is 2.48 bits per heavy atom. The maximum Gasteiger partial charge on any atom is 0.409 e. The van der Waals surface area contributed by atoms with Crippen molar-refractivity contribution in [2.45, 2.75) is 33.6 Å². The summed E-state index contributed by atoms with van der Waals surface area (Å²) in [6, 6.07) is 0. The third-order valence-corrected chi connectivity index (χ3v) is 5.82. The summed E-state index contributed by atoms with van der Waals surface area (Å²) in [6.45, 7) is 6.28. The number of nitrogens with zero attached hydrogens (tertiary/aromatic N) is 1. The maximum atomic E-state index is 12.9. The van der Waals surface area contributed by atoms with Crippen LogP contribution in [0.1, 0.15) is 52.3 Å². The molecule has 0 aliphatic carbocycles. The first kappa shape index (κ1) is 22.7. The van der Waals surface area contributed by atoms with Crippen molar-refractivity contribution < 1.29 is 28.7 Å². The molecule has 10 heteroatoms. The molecule has 0 spiro atoms. The molecule has 0 unspecified atom stereocenters. The van der Waals surface area contributed by atoms with E-state index in [9.17, 15) is 19.2 Å². The van der Waals surface area contributed by atoms with Crippen LogP contribution in [0.4, 0.5) is 9.80 Å². The van der Waals surface area contributed by atoms with E-state index in [2.05, 4.69) is 10.6 Å². The molecule has 1 aliphatic heterocycles. The van der Waals surface area contributed by atoms with Crippen LogP contribution in [-0.4, -0.2) is 62.1 Å². The van der Waals surface area contributed by atoms with Crippen molar-refractivity contribution in [1.82, 2.24) is 10.2 Å². The van der Waals surface area contributed by atoms with E-state index in [1.54, 1.807) is 20.8 Å². The van der Waals surface area contributed by atoms with Gasteiger partial charge in [0, 0.05) is 20.1 Å². The number of nitrogens with one attached hydrogen (secondary N) is 2. The van der Waals surface area contributed by atoms with E-state index < -0.39 is 18.0 Å². The fourth-order valence-corrected chi connectivity index (χ4v) is 4.31. The third-order valence-electron chi connectivity index (χ3n) is 4.61. The molecule has 1 aromatic heterocycles. The van der Waals surface area contributed by atoms with Gasteiger partial charge in [-0.3, -0.25) is 9.59 Å². The van der Waals surface area contributed by atoms with Crippen LogP contribution in [0.5, 0.6) is 0 Å². The molecule has 0 saturated carbocycles. The molecular formula is C19H27N3O6S. The van der Waals surface area contributed by atoms with Crippen molar-refractivity contribution in [3.05, 3.63) is 16.0 Å². The number of piperidine rings is 1. The Bertz CT molecular complexity index is 791. The van der Waals surface area contributed by atoms with Gasteiger partial charge in [0.2, 0.25) is 5.91 Å². The van der Waals surface area contributed by atoms with Gasteiger partial charge in [-0.2, -0.15) is 0 Å². The molecule has 0 aromatic carbocycles. The van der Waals surface area contributed by atoms with E-state index in [4.69, 9.17) is 9.47 Å². The summed E-state index contributed by atoms with van der Waals surface area (Å²) in [6.07, 6.45) is 0.851. The molecule has 1 fully saturated rings. The molecule has 2 rings (SSSR count). The molecule has 3 amide bonds. The van der Waals surface area contributed by atoms with E-state index in [0.29, 0.717) is 29.8 Å². The Morgan fingerprint density at radius 2 is 1.86 bits per heavy atom. The van der Waals surface area contributed by atoms with Crippen molar-refractivity contribution in [3.63, 3.8) is 0 Å². The fraction of sp³-hybridized carbons (Fsp3) is 0.579. The minimum absolute atomic E-state index is 0.175. The Morgan fingerprint density at radius 1 is 1.17 bits per heavy atom. The average Bonchev–Trinajstić information content (AvgIpc) is 3.03. The molecule has 0 bridgehead atoms. The highest BCUT2D eigenvalue weighted by Gasteiger charge is 2.32. The molecule has 1 aliphatic rings. The monoisotopic (exact) mass is 425 g/mol. The van der Waals surface area contributed by atoms with Gasteiger partial charge in [-0.05, 0) is 39.2 Å². The molecule has 1 atom stereocenters. The number of carbonyl (C=O) groups is 4. The quantitative estimate of drug-likeness (QED) is 0.677. The van der Waals surface area contributed by atoms with Crippen molar-refractivity contribution in [1.29, 1.82) is 0 Å². The van der Waals surface area contributed by atoms with Crippen LogP contribution >= 0.6 is 11.3 Å². The first-order valence-electron chi connectivity index (χ1n) is 9.59. The zero-order valence-corrected chi connectivity index (χ0v) is 17.9. The molecule has 9 nitrogen and oxygen atoms in total. The van der Waals surface area contributed by atoms with Gasteiger partial charge in [0.05, 0.1) is 29.6 Å². The molecule has 0 radical (unpaired) electrons. The summed E-state index contributed by atoms with van der Waals surface area (Å²) in [5, 5.41) is 5.58. The van der Waals surface area contributed by atoms with Crippen LogP contribution in [0.15, 0.2) is 0 Å². The van der Waals surface area contributed by atoms with Crippen LogP contribution in [-0.2, 0) is 14.3 Å². The van der Waals surface area contributed by atoms with E-state index in [1.807, 2.05) is 0 Å². The number of anilines is 1. The number of thiophene rings is 1. The Balaban J connectivity index is 2.23. The summed E-state index contributed by atoms with van der Waals surface area (Å²) < 4.78 is 10.1. The molecule has 29 heavy (non-hydrogen) atoms. The van der Waals surface area contributed by atoms with Crippen LogP contribution in [0.25, 0.3) is 0 Å². The lowest BCUT2D eigenvalue weighted by atomic mass is 9.97. The van der Waals surface area contributed by atoms with Crippen LogP contribution in [0, 0.1) is 12.8 Å². The predicted molar refractivity (Wildman–Crippen MR) is 108 cm³/mol. The zero-order chi connectivity index (χ0) is 21.6. The van der Waals surface area contributed by atoms with Gasteiger partial charge in [0.25, 0.3) is 5.91 Å². The number of amides is 3. The summed E-state index contributed by atoms with van der Waals surface area (Å²) in [7, 11) is 1.50. The highest BCUT2D eigenvalue weighted by atomic mass is 32.1. The van der Waals surface area contributed by atoms with E-state index in [-0.39, 0.29) is 42.1 Å². The molecule has 1 saturated heterocycles. The summed E-state index contributed by atoms with van der Waals surface area (Å²) in [4.78, 5) is 51.2. The van der Waals surface area contributed by atoms with Gasteiger partial charge in [-0.1, -0.05) is 0 Å². The molecule has 1 aromatic rings. The topological polar surface area (TPSA) is 114 Å². The molecule has 160 valence electrons. The first-order valence-corrected chi connectivity index (χ1v) is 10.4. The van der Waals surface area contributed by atoms with E-state index >= 15 is 0 Å².